The molecule has 0 saturated carbocycles. The van der Waals surface area contributed by atoms with Gasteiger partial charge in [0.15, 0.2) is 0 Å². The van der Waals surface area contributed by atoms with Crippen molar-refractivity contribution < 1.29 is 4.79 Å². The third-order valence-electron chi connectivity index (χ3n) is 2.87. The number of nitrogens with one attached hydrogen (secondary N) is 1. The standard InChI is InChI=1S/C14H30N2O.ClH/c1-13(2,3)9-7-8-10-16-12(17)11(15)14(4,5)6;/h11H,7-10,15H2,1-6H3,(H,16,17);1H/t11-;/m1./s1. The van der Waals surface area contributed by atoms with Gasteiger partial charge in [0.05, 0.1) is 6.04 Å². The Hall–Kier alpha value is -0.280. The molecule has 0 aliphatic carbocycles. The third kappa shape index (κ3) is 9.72. The van der Waals surface area contributed by atoms with Crippen molar-refractivity contribution in [2.24, 2.45) is 16.6 Å². The summed E-state index contributed by atoms with van der Waals surface area (Å²) in [5.41, 5.74) is 6.08. The molecular formula is C14H31ClN2O. The van der Waals surface area contributed by atoms with Gasteiger partial charge >= 0.3 is 0 Å². The molecule has 1 atom stereocenters. The fourth-order valence-electron chi connectivity index (χ4n) is 1.50. The van der Waals surface area contributed by atoms with Crippen LogP contribution in [-0.2, 0) is 4.79 Å². The van der Waals surface area contributed by atoms with E-state index in [0.717, 1.165) is 19.4 Å². The molecule has 0 aliphatic heterocycles. The summed E-state index contributed by atoms with van der Waals surface area (Å²) < 4.78 is 0. The highest BCUT2D eigenvalue weighted by Crippen LogP contribution is 2.21. The van der Waals surface area contributed by atoms with E-state index in [2.05, 4.69) is 26.1 Å². The fraction of sp³-hybridized carbons (Fsp3) is 0.929. The first-order valence-corrected chi connectivity index (χ1v) is 6.57. The highest BCUT2D eigenvalue weighted by molar-refractivity contribution is 5.85. The van der Waals surface area contributed by atoms with Gasteiger partial charge in [-0.25, -0.2) is 0 Å². The summed E-state index contributed by atoms with van der Waals surface area (Å²) in [4.78, 5) is 11.7. The Morgan fingerprint density at radius 1 is 1.11 bits per heavy atom. The van der Waals surface area contributed by atoms with Gasteiger partial charge in [0, 0.05) is 6.54 Å². The van der Waals surface area contributed by atoms with Crippen LogP contribution in [0, 0.1) is 10.8 Å². The summed E-state index contributed by atoms with van der Waals surface area (Å²) in [6.07, 6.45) is 3.36. The average Bonchev–Trinajstić information content (AvgIpc) is 2.12. The lowest BCUT2D eigenvalue weighted by molar-refractivity contribution is -0.124. The predicted octanol–water partition coefficient (Wildman–Crippen LogP) is 3.11. The van der Waals surface area contributed by atoms with Gasteiger partial charge in [-0.2, -0.15) is 0 Å². The molecule has 0 saturated heterocycles. The van der Waals surface area contributed by atoms with Crippen LogP contribution in [0.5, 0.6) is 0 Å². The van der Waals surface area contributed by atoms with Gasteiger partial charge in [0.2, 0.25) is 5.91 Å². The largest absolute Gasteiger partial charge is 0.355 e. The number of rotatable bonds is 5. The van der Waals surface area contributed by atoms with Crippen LogP contribution in [0.25, 0.3) is 0 Å². The van der Waals surface area contributed by atoms with Gasteiger partial charge in [0.1, 0.15) is 0 Å². The van der Waals surface area contributed by atoms with Crippen molar-refractivity contribution in [2.45, 2.75) is 66.8 Å². The number of halogens is 1. The second-order valence-corrected chi connectivity index (χ2v) is 7.15. The number of unbranched alkanes of at least 4 members (excludes halogenated alkanes) is 1. The molecule has 0 fully saturated rings. The molecule has 0 aromatic carbocycles. The molecule has 0 radical (unpaired) electrons. The van der Waals surface area contributed by atoms with Crippen molar-refractivity contribution in [3.63, 3.8) is 0 Å². The van der Waals surface area contributed by atoms with Crippen molar-refractivity contribution in [1.82, 2.24) is 5.32 Å². The minimum Gasteiger partial charge on any atom is -0.355 e. The van der Waals surface area contributed by atoms with Gasteiger partial charge < -0.3 is 11.1 Å². The molecule has 1 amide bonds. The van der Waals surface area contributed by atoms with Crippen LogP contribution < -0.4 is 11.1 Å². The summed E-state index contributed by atoms with van der Waals surface area (Å²) in [6.45, 7) is 13.4. The molecule has 18 heavy (non-hydrogen) atoms. The first-order valence-electron chi connectivity index (χ1n) is 6.57. The van der Waals surface area contributed by atoms with Crippen molar-refractivity contribution >= 4 is 18.3 Å². The molecule has 0 heterocycles. The van der Waals surface area contributed by atoms with Crippen molar-refractivity contribution in [3.8, 4) is 0 Å². The van der Waals surface area contributed by atoms with Crippen LogP contribution in [0.15, 0.2) is 0 Å². The molecule has 0 bridgehead atoms. The van der Waals surface area contributed by atoms with Gasteiger partial charge in [-0.05, 0) is 23.7 Å². The van der Waals surface area contributed by atoms with Crippen LogP contribution in [-0.4, -0.2) is 18.5 Å². The Balaban J connectivity index is 0. The molecule has 0 unspecified atom stereocenters. The Labute approximate surface area is 119 Å². The lowest BCUT2D eigenvalue weighted by Gasteiger charge is -2.25. The first kappa shape index (κ1) is 20.0. The minimum atomic E-state index is -0.426. The normalized spacial score (nSPS) is 13.7. The Kier molecular flexibility index (Phi) is 8.91. The number of amides is 1. The Bertz CT molecular complexity index is 241. The van der Waals surface area contributed by atoms with Crippen LogP contribution in [0.1, 0.15) is 60.8 Å². The van der Waals surface area contributed by atoms with E-state index in [4.69, 9.17) is 5.73 Å². The van der Waals surface area contributed by atoms with Gasteiger partial charge in [-0.15, -0.1) is 12.4 Å². The molecule has 0 aliphatic rings. The lowest BCUT2D eigenvalue weighted by atomic mass is 9.87. The number of nitrogens with two attached hydrogens (primary N) is 1. The zero-order chi connectivity index (χ0) is 13.7. The maximum absolute atomic E-state index is 11.7. The predicted molar refractivity (Wildman–Crippen MR) is 81.0 cm³/mol. The van der Waals surface area contributed by atoms with Crippen LogP contribution >= 0.6 is 12.4 Å². The summed E-state index contributed by atoms with van der Waals surface area (Å²) in [6, 6.07) is -0.426. The summed E-state index contributed by atoms with van der Waals surface area (Å²) in [7, 11) is 0. The van der Waals surface area contributed by atoms with Crippen molar-refractivity contribution in [3.05, 3.63) is 0 Å². The first-order chi connectivity index (χ1) is 7.54. The fourth-order valence-corrected chi connectivity index (χ4v) is 1.50. The highest BCUT2D eigenvalue weighted by Gasteiger charge is 2.26. The molecule has 110 valence electrons. The van der Waals surface area contributed by atoms with Crippen LogP contribution in [0.2, 0.25) is 0 Å². The summed E-state index contributed by atoms with van der Waals surface area (Å²) in [5, 5.41) is 2.91. The van der Waals surface area contributed by atoms with E-state index in [1.54, 1.807) is 0 Å². The molecular weight excluding hydrogens is 248 g/mol. The van der Waals surface area contributed by atoms with Gasteiger partial charge in [0.25, 0.3) is 0 Å². The van der Waals surface area contributed by atoms with E-state index in [9.17, 15) is 4.79 Å². The second kappa shape index (κ2) is 8.00. The quantitative estimate of drug-likeness (QED) is 0.759. The molecule has 4 heteroatoms. The Morgan fingerprint density at radius 2 is 1.61 bits per heavy atom. The monoisotopic (exact) mass is 278 g/mol. The van der Waals surface area contributed by atoms with E-state index in [1.807, 2.05) is 20.8 Å². The van der Waals surface area contributed by atoms with E-state index < -0.39 is 6.04 Å². The lowest BCUT2D eigenvalue weighted by Crippen LogP contribution is -2.48. The Morgan fingerprint density at radius 3 is 2.00 bits per heavy atom. The van der Waals surface area contributed by atoms with Gasteiger partial charge in [-0.3, -0.25) is 4.79 Å². The second-order valence-electron chi connectivity index (χ2n) is 7.15. The number of hydrogen-bond donors (Lipinski definition) is 2. The molecule has 3 N–H and O–H groups in total. The molecule has 0 spiro atoms. The number of carbonyl (C=O) groups is 1. The molecule has 3 nitrogen and oxygen atoms in total. The van der Waals surface area contributed by atoms with Gasteiger partial charge in [-0.1, -0.05) is 48.0 Å². The zero-order valence-electron chi connectivity index (χ0n) is 12.8. The van der Waals surface area contributed by atoms with Crippen LogP contribution in [0.4, 0.5) is 0 Å². The smallest absolute Gasteiger partial charge is 0.237 e. The summed E-state index contributed by atoms with van der Waals surface area (Å²) >= 11 is 0. The van der Waals surface area contributed by atoms with E-state index >= 15 is 0 Å². The maximum atomic E-state index is 11.7. The number of carbonyl (C=O) groups excluding carboxylic acids is 1. The van der Waals surface area contributed by atoms with Crippen LogP contribution in [0.3, 0.4) is 0 Å². The SMILES string of the molecule is CC(C)(C)CCCCNC(=O)[C@@H](N)C(C)(C)C.Cl. The molecule has 0 rings (SSSR count). The topological polar surface area (TPSA) is 55.1 Å². The maximum Gasteiger partial charge on any atom is 0.237 e. The average molecular weight is 279 g/mol. The zero-order valence-corrected chi connectivity index (χ0v) is 13.6. The van der Waals surface area contributed by atoms with E-state index in [1.165, 1.54) is 6.42 Å². The molecule has 0 aromatic rings. The summed E-state index contributed by atoms with van der Waals surface area (Å²) in [5.74, 6) is -0.0340. The molecule has 0 aromatic heterocycles. The third-order valence-corrected chi connectivity index (χ3v) is 2.87. The van der Waals surface area contributed by atoms with Crippen molar-refractivity contribution in [2.75, 3.05) is 6.54 Å². The van der Waals surface area contributed by atoms with E-state index in [0.29, 0.717) is 5.41 Å². The number of hydrogen-bond acceptors (Lipinski definition) is 2. The minimum absolute atomic E-state index is 0. The van der Waals surface area contributed by atoms with Crippen molar-refractivity contribution in [1.29, 1.82) is 0 Å². The van der Waals surface area contributed by atoms with E-state index in [-0.39, 0.29) is 23.7 Å². The highest BCUT2D eigenvalue weighted by atomic mass is 35.5.